The van der Waals surface area contributed by atoms with E-state index in [-0.39, 0.29) is 12.5 Å². The van der Waals surface area contributed by atoms with E-state index < -0.39 is 11.8 Å². The van der Waals surface area contributed by atoms with E-state index in [2.05, 4.69) is 15.8 Å². The fourth-order valence-electron chi connectivity index (χ4n) is 2.85. The van der Waals surface area contributed by atoms with Crippen LogP contribution in [0.5, 0.6) is 0 Å². The molecule has 0 bridgehead atoms. The molecule has 3 amide bonds. The molecule has 0 atom stereocenters. The summed E-state index contributed by atoms with van der Waals surface area (Å²) in [4.78, 5) is 47.5. The quantitative estimate of drug-likeness (QED) is 0.346. The Morgan fingerprint density at radius 1 is 1.09 bits per heavy atom. The Kier molecular flexibility index (Phi) is 8.60. The van der Waals surface area contributed by atoms with Crippen LogP contribution in [0.2, 0.25) is 0 Å². The van der Waals surface area contributed by atoms with Crippen LogP contribution in [0.15, 0.2) is 52.9 Å². The average Bonchev–Trinajstić information content (AvgIpc) is 3.21. The van der Waals surface area contributed by atoms with Crippen LogP contribution in [0.4, 0.5) is 5.69 Å². The van der Waals surface area contributed by atoms with Crippen LogP contribution in [0.3, 0.4) is 0 Å². The number of fused-ring (bicyclic) bond motifs is 1. The van der Waals surface area contributed by atoms with Gasteiger partial charge in [0.15, 0.2) is 10.9 Å². The second-order valence-electron chi connectivity index (χ2n) is 6.65. The highest BCUT2D eigenvalue weighted by atomic mass is 32.2. The molecule has 8 nitrogen and oxygen atoms in total. The van der Waals surface area contributed by atoms with Crippen molar-refractivity contribution in [3.05, 3.63) is 54.1 Å². The van der Waals surface area contributed by atoms with Crippen LogP contribution in [0.1, 0.15) is 24.2 Å². The topological polar surface area (TPSA) is 101 Å². The summed E-state index contributed by atoms with van der Waals surface area (Å²) in [6, 6.07) is 14.0. The van der Waals surface area contributed by atoms with Crippen LogP contribution >= 0.6 is 23.1 Å². The minimum absolute atomic E-state index is 0.0894. The summed E-state index contributed by atoms with van der Waals surface area (Å²) in [6.45, 7) is 4.98. The van der Waals surface area contributed by atoms with Crippen LogP contribution in [0.25, 0.3) is 10.2 Å². The van der Waals surface area contributed by atoms with Crippen molar-refractivity contribution in [2.75, 3.05) is 30.8 Å². The Bertz CT molecular complexity index is 1080. The fraction of sp³-hybridized carbons (Fsp3) is 0.273. The van der Waals surface area contributed by atoms with Crippen LogP contribution in [0, 0.1) is 0 Å². The summed E-state index contributed by atoms with van der Waals surface area (Å²) in [5.41, 5.74) is 4.09. The average molecular weight is 473 g/mol. The van der Waals surface area contributed by atoms with Crippen molar-refractivity contribution in [3.63, 3.8) is 0 Å². The minimum Gasteiger partial charge on any atom is -0.343 e. The third kappa shape index (κ3) is 6.52. The lowest BCUT2D eigenvalue weighted by atomic mass is 10.2. The van der Waals surface area contributed by atoms with Gasteiger partial charge in [-0.05, 0) is 44.2 Å². The molecule has 32 heavy (non-hydrogen) atoms. The molecule has 1 aromatic heterocycles. The molecule has 0 fully saturated rings. The number of thioether (sulfide) groups is 1. The predicted octanol–water partition coefficient (Wildman–Crippen LogP) is 3.56. The third-order valence-electron chi connectivity index (χ3n) is 4.49. The first-order chi connectivity index (χ1) is 15.5. The summed E-state index contributed by atoms with van der Waals surface area (Å²) in [6.07, 6.45) is 0. The molecule has 10 heteroatoms. The molecule has 1 heterocycles. The molecule has 0 aliphatic rings. The molecule has 0 saturated heterocycles. The lowest BCUT2D eigenvalue weighted by Crippen LogP contribution is -2.31. The van der Waals surface area contributed by atoms with E-state index in [9.17, 15) is 14.4 Å². The Morgan fingerprint density at radius 2 is 1.84 bits per heavy atom. The summed E-state index contributed by atoms with van der Waals surface area (Å²) in [5.74, 6) is -0.390. The molecule has 0 radical (unpaired) electrons. The maximum absolute atomic E-state index is 12.2. The molecule has 168 valence electrons. The number of amides is 3. The number of hydrogen-bond donors (Lipinski definition) is 2. The largest absolute Gasteiger partial charge is 0.343 e. The Hall–Kier alpha value is -2.95. The Labute approximate surface area is 194 Å². The van der Waals surface area contributed by atoms with Crippen molar-refractivity contribution in [2.24, 2.45) is 0 Å². The van der Waals surface area contributed by atoms with E-state index in [1.807, 2.05) is 26.0 Å². The normalized spacial score (nSPS) is 10.7. The van der Waals surface area contributed by atoms with Gasteiger partial charge in [-0.1, -0.05) is 30.0 Å². The van der Waals surface area contributed by atoms with Gasteiger partial charge in [0.2, 0.25) is 5.91 Å². The number of rotatable bonds is 10. The molecular weight excluding hydrogens is 448 g/mol. The monoisotopic (exact) mass is 472 g/mol. The van der Waals surface area contributed by atoms with Gasteiger partial charge in [-0.25, -0.2) is 10.5 Å². The highest BCUT2D eigenvalue weighted by molar-refractivity contribution is 8.01. The van der Waals surface area contributed by atoms with Crippen molar-refractivity contribution in [3.8, 4) is 0 Å². The number of hydrogen-bond acceptors (Lipinski definition) is 7. The number of anilines is 1. The Balaban J connectivity index is 1.50. The van der Waals surface area contributed by atoms with Crippen molar-refractivity contribution < 1.29 is 19.2 Å². The zero-order valence-corrected chi connectivity index (χ0v) is 19.4. The Morgan fingerprint density at radius 3 is 2.56 bits per heavy atom. The van der Waals surface area contributed by atoms with Crippen molar-refractivity contribution >= 4 is 56.7 Å². The van der Waals surface area contributed by atoms with E-state index in [0.29, 0.717) is 30.1 Å². The van der Waals surface area contributed by atoms with E-state index in [0.717, 1.165) is 14.6 Å². The van der Waals surface area contributed by atoms with Gasteiger partial charge in [-0.3, -0.25) is 19.2 Å². The molecule has 0 unspecified atom stereocenters. The van der Waals surface area contributed by atoms with E-state index in [1.54, 1.807) is 41.3 Å². The van der Waals surface area contributed by atoms with Gasteiger partial charge >= 0.3 is 0 Å². The van der Waals surface area contributed by atoms with Gasteiger partial charge in [0.1, 0.15) is 0 Å². The molecular formula is C22H24N4O4S2. The molecule has 3 aromatic rings. The van der Waals surface area contributed by atoms with Gasteiger partial charge in [-0.2, -0.15) is 0 Å². The zero-order chi connectivity index (χ0) is 22.9. The molecule has 2 N–H and O–H groups in total. The lowest BCUT2D eigenvalue weighted by molar-refractivity contribution is -0.128. The maximum Gasteiger partial charge on any atom is 0.274 e. The maximum atomic E-state index is 12.2. The summed E-state index contributed by atoms with van der Waals surface area (Å²) in [5, 5.41) is 2.73. The summed E-state index contributed by atoms with van der Waals surface area (Å²) >= 11 is 2.88. The molecule has 0 spiro atoms. The van der Waals surface area contributed by atoms with E-state index in [4.69, 9.17) is 4.84 Å². The van der Waals surface area contributed by atoms with E-state index in [1.165, 1.54) is 23.1 Å². The highest BCUT2D eigenvalue weighted by Crippen LogP contribution is 2.31. The standard InChI is InChI=1S/C22H24N4O4S2/c1-3-26(4-2)20(28)14-31-22-24-17-11-10-16(12-18(17)32-22)23-19(27)13-30-25-21(29)15-8-6-5-7-9-15/h5-12H,3-4,13-14H2,1-2H3,(H,23,27)(H,25,29). The minimum atomic E-state index is -0.422. The second kappa shape index (κ2) is 11.6. The third-order valence-corrected chi connectivity index (χ3v) is 6.64. The van der Waals surface area contributed by atoms with Crippen LogP contribution in [-0.2, 0) is 14.4 Å². The number of aromatic nitrogens is 1. The number of nitrogens with one attached hydrogen (secondary N) is 2. The first-order valence-corrected chi connectivity index (χ1v) is 11.9. The molecule has 3 rings (SSSR count). The number of benzene rings is 2. The lowest BCUT2D eigenvalue weighted by Gasteiger charge is -2.17. The van der Waals surface area contributed by atoms with Gasteiger partial charge in [0.25, 0.3) is 11.8 Å². The van der Waals surface area contributed by atoms with Crippen molar-refractivity contribution in [2.45, 2.75) is 18.2 Å². The SMILES string of the molecule is CCN(CC)C(=O)CSc1nc2ccc(NC(=O)CONC(=O)c3ccccc3)cc2s1. The molecule has 2 aromatic carbocycles. The van der Waals surface area contributed by atoms with Gasteiger partial charge < -0.3 is 10.2 Å². The van der Waals surface area contributed by atoms with E-state index >= 15 is 0 Å². The van der Waals surface area contributed by atoms with Crippen LogP contribution in [-0.4, -0.2) is 53.1 Å². The van der Waals surface area contributed by atoms with Crippen LogP contribution < -0.4 is 10.8 Å². The number of carbonyl (C=O) groups excluding carboxylic acids is 3. The first-order valence-electron chi connectivity index (χ1n) is 10.1. The smallest absolute Gasteiger partial charge is 0.274 e. The summed E-state index contributed by atoms with van der Waals surface area (Å²) in [7, 11) is 0. The number of nitrogens with zero attached hydrogens (tertiary/aromatic N) is 2. The first kappa shape index (κ1) is 23.7. The predicted molar refractivity (Wildman–Crippen MR) is 127 cm³/mol. The van der Waals surface area contributed by atoms with Gasteiger partial charge in [0.05, 0.1) is 16.0 Å². The fourth-order valence-corrected chi connectivity index (χ4v) is 4.86. The second-order valence-corrected chi connectivity index (χ2v) is 8.90. The number of thiazole rings is 1. The summed E-state index contributed by atoms with van der Waals surface area (Å²) < 4.78 is 1.70. The number of hydroxylamine groups is 1. The molecule has 0 aliphatic carbocycles. The highest BCUT2D eigenvalue weighted by Gasteiger charge is 2.13. The van der Waals surface area contributed by atoms with Gasteiger partial charge in [-0.15, -0.1) is 11.3 Å². The van der Waals surface area contributed by atoms with Gasteiger partial charge in [0, 0.05) is 24.3 Å². The van der Waals surface area contributed by atoms with Crippen molar-refractivity contribution in [1.82, 2.24) is 15.4 Å². The molecule has 0 saturated carbocycles. The van der Waals surface area contributed by atoms with Crippen molar-refractivity contribution in [1.29, 1.82) is 0 Å². The molecule has 0 aliphatic heterocycles. The number of carbonyl (C=O) groups is 3. The zero-order valence-electron chi connectivity index (χ0n) is 17.8.